The average molecular weight is 265 g/mol. The summed E-state index contributed by atoms with van der Waals surface area (Å²) in [5.74, 6) is 0.695. The van der Waals surface area contributed by atoms with Crippen LogP contribution in [0.25, 0.3) is 0 Å². The molecule has 1 heterocycles. The lowest BCUT2D eigenvalue weighted by Crippen LogP contribution is -2.15. The van der Waals surface area contributed by atoms with Crippen LogP contribution < -0.4 is 0 Å². The summed E-state index contributed by atoms with van der Waals surface area (Å²) in [6.45, 7) is 2.32. The molecule has 0 aliphatic heterocycles. The van der Waals surface area contributed by atoms with Crippen LogP contribution in [0.4, 0.5) is 0 Å². The van der Waals surface area contributed by atoms with Gasteiger partial charge in [0.25, 0.3) is 0 Å². The third-order valence-corrected chi connectivity index (χ3v) is 4.74. The minimum atomic E-state index is -0.951. The quantitative estimate of drug-likeness (QED) is 0.903. The highest BCUT2D eigenvalue weighted by molar-refractivity contribution is 7.99. The molecule has 1 fully saturated rings. The van der Waals surface area contributed by atoms with E-state index in [9.17, 15) is 4.79 Å². The van der Waals surface area contributed by atoms with Crippen LogP contribution >= 0.6 is 11.8 Å². The lowest BCUT2D eigenvalue weighted by molar-refractivity contribution is 0.0690. The van der Waals surface area contributed by atoms with E-state index in [0.29, 0.717) is 5.25 Å². The molecule has 0 radical (unpaired) electrons. The van der Waals surface area contributed by atoms with E-state index >= 15 is 0 Å². The number of carboxylic acids is 1. The van der Waals surface area contributed by atoms with Crippen LogP contribution in [0.15, 0.2) is 18.2 Å². The maximum Gasteiger partial charge on any atom is 0.354 e. The van der Waals surface area contributed by atoms with Gasteiger partial charge in [0, 0.05) is 11.0 Å². The first kappa shape index (κ1) is 13.4. The van der Waals surface area contributed by atoms with Crippen LogP contribution in [0.5, 0.6) is 0 Å². The molecule has 0 aromatic carbocycles. The molecule has 1 aliphatic rings. The Morgan fingerprint density at radius 3 is 3.06 bits per heavy atom. The predicted octanol–water partition coefficient (Wildman–Crippen LogP) is 3.59. The summed E-state index contributed by atoms with van der Waals surface area (Å²) in [4.78, 5) is 15.0. The summed E-state index contributed by atoms with van der Waals surface area (Å²) in [7, 11) is 0. The van der Waals surface area contributed by atoms with E-state index in [0.717, 1.165) is 17.4 Å². The number of carboxylic acid groups (broad SMARTS) is 1. The monoisotopic (exact) mass is 265 g/mol. The van der Waals surface area contributed by atoms with Crippen molar-refractivity contribution in [1.82, 2.24) is 4.98 Å². The lowest BCUT2D eigenvalue weighted by atomic mass is 9.91. The second kappa shape index (κ2) is 6.23. The Kier molecular flexibility index (Phi) is 4.64. The molecular formula is C14H19NO2S. The van der Waals surface area contributed by atoms with Crippen LogP contribution in [0.1, 0.15) is 48.8 Å². The molecule has 0 bridgehead atoms. The molecule has 98 valence electrons. The minimum absolute atomic E-state index is 0.144. The van der Waals surface area contributed by atoms with Gasteiger partial charge in [-0.05, 0) is 30.9 Å². The molecule has 0 saturated heterocycles. The summed E-state index contributed by atoms with van der Waals surface area (Å²) in [6, 6.07) is 5.22. The summed E-state index contributed by atoms with van der Waals surface area (Å²) in [5, 5.41) is 9.60. The van der Waals surface area contributed by atoms with Gasteiger partial charge in [0.1, 0.15) is 5.69 Å². The predicted molar refractivity (Wildman–Crippen MR) is 73.9 cm³/mol. The fourth-order valence-electron chi connectivity index (χ4n) is 2.41. The Morgan fingerprint density at radius 1 is 1.50 bits per heavy atom. The van der Waals surface area contributed by atoms with Crippen molar-refractivity contribution < 1.29 is 9.90 Å². The smallest absolute Gasteiger partial charge is 0.354 e. The van der Waals surface area contributed by atoms with Crippen molar-refractivity contribution >= 4 is 17.7 Å². The highest BCUT2D eigenvalue weighted by Crippen LogP contribution is 2.33. The lowest BCUT2D eigenvalue weighted by Gasteiger charge is -2.26. The summed E-state index contributed by atoms with van der Waals surface area (Å²) in [5.41, 5.74) is 1.02. The highest BCUT2D eigenvalue weighted by atomic mass is 32.2. The molecule has 1 saturated carbocycles. The van der Waals surface area contributed by atoms with Gasteiger partial charge < -0.3 is 5.11 Å². The Bertz CT molecular complexity index is 422. The topological polar surface area (TPSA) is 50.2 Å². The molecule has 1 aromatic rings. The van der Waals surface area contributed by atoms with Gasteiger partial charge in [-0.1, -0.05) is 25.8 Å². The first-order valence-corrected chi connectivity index (χ1v) is 7.51. The number of rotatable bonds is 4. The van der Waals surface area contributed by atoms with Gasteiger partial charge in [-0.25, -0.2) is 9.78 Å². The molecule has 0 amide bonds. The number of aromatic nitrogens is 1. The fraction of sp³-hybridized carbons (Fsp3) is 0.571. The SMILES string of the molecule is CC1CCCC(SCc2cccc(C(=O)O)n2)C1. The molecule has 2 atom stereocenters. The average Bonchev–Trinajstić information content (AvgIpc) is 2.37. The summed E-state index contributed by atoms with van der Waals surface area (Å²) >= 11 is 1.92. The van der Waals surface area contributed by atoms with E-state index in [1.165, 1.54) is 25.7 Å². The van der Waals surface area contributed by atoms with Gasteiger partial charge in [0.05, 0.1) is 5.69 Å². The van der Waals surface area contributed by atoms with E-state index in [-0.39, 0.29) is 5.69 Å². The van der Waals surface area contributed by atoms with Crippen LogP contribution in [-0.4, -0.2) is 21.3 Å². The molecule has 1 aliphatic carbocycles. The number of carbonyl (C=O) groups is 1. The first-order valence-electron chi connectivity index (χ1n) is 6.46. The summed E-state index contributed by atoms with van der Waals surface area (Å²) < 4.78 is 0. The van der Waals surface area contributed by atoms with Crippen molar-refractivity contribution in [2.45, 2.75) is 43.6 Å². The number of nitrogens with zero attached hydrogens (tertiary/aromatic N) is 1. The first-order chi connectivity index (χ1) is 8.65. The van der Waals surface area contributed by atoms with Crippen molar-refractivity contribution in [3.8, 4) is 0 Å². The number of thioether (sulfide) groups is 1. The Balaban J connectivity index is 1.89. The number of hydrogen-bond acceptors (Lipinski definition) is 3. The van der Waals surface area contributed by atoms with Crippen molar-refractivity contribution in [1.29, 1.82) is 0 Å². The molecule has 4 heteroatoms. The van der Waals surface area contributed by atoms with E-state index < -0.39 is 5.97 Å². The number of pyridine rings is 1. The zero-order valence-electron chi connectivity index (χ0n) is 10.6. The van der Waals surface area contributed by atoms with Crippen LogP contribution in [0.2, 0.25) is 0 Å². The molecule has 1 N–H and O–H groups in total. The van der Waals surface area contributed by atoms with Gasteiger partial charge in [-0.3, -0.25) is 0 Å². The normalized spacial score (nSPS) is 23.8. The van der Waals surface area contributed by atoms with Crippen LogP contribution in [-0.2, 0) is 5.75 Å². The number of hydrogen-bond donors (Lipinski definition) is 1. The van der Waals surface area contributed by atoms with Crippen LogP contribution in [0, 0.1) is 5.92 Å². The van der Waals surface area contributed by atoms with E-state index in [1.807, 2.05) is 17.8 Å². The molecule has 1 aromatic heterocycles. The fourth-order valence-corrected chi connectivity index (χ4v) is 3.78. The zero-order valence-corrected chi connectivity index (χ0v) is 11.4. The minimum Gasteiger partial charge on any atom is -0.477 e. The number of aromatic carboxylic acids is 1. The zero-order chi connectivity index (χ0) is 13.0. The third-order valence-electron chi connectivity index (χ3n) is 3.38. The van der Waals surface area contributed by atoms with Gasteiger partial charge >= 0.3 is 5.97 Å². The molecule has 18 heavy (non-hydrogen) atoms. The second-order valence-corrected chi connectivity index (χ2v) is 6.31. The summed E-state index contributed by atoms with van der Waals surface area (Å²) in [6.07, 6.45) is 5.24. The largest absolute Gasteiger partial charge is 0.477 e. The van der Waals surface area contributed by atoms with E-state index in [1.54, 1.807) is 12.1 Å². The standard InChI is InChI=1S/C14H19NO2S/c1-10-4-2-6-12(8-10)18-9-11-5-3-7-13(15-11)14(16)17/h3,5,7,10,12H,2,4,6,8-9H2,1H3,(H,16,17). The Hall–Kier alpha value is -1.03. The maximum atomic E-state index is 10.8. The maximum absolute atomic E-state index is 10.8. The highest BCUT2D eigenvalue weighted by Gasteiger charge is 2.19. The molecule has 2 unspecified atom stereocenters. The van der Waals surface area contributed by atoms with E-state index in [2.05, 4.69) is 11.9 Å². The van der Waals surface area contributed by atoms with Crippen molar-refractivity contribution in [2.24, 2.45) is 5.92 Å². The van der Waals surface area contributed by atoms with Crippen LogP contribution in [0.3, 0.4) is 0 Å². The van der Waals surface area contributed by atoms with Gasteiger partial charge in [-0.15, -0.1) is 0 Å². The van der Waals surface area contributed by atoms with Crippen molar-refractivity contribution in [3.05, 3.63) is 29.6 Å². The van der Waals surface area contributed by atoms with Gasteiger partial charge in [0.2, 0.25) is 0 Å². The molecular weight excluding hydrogens is 246 g/mol. The molecule has 3 nitrogen and oxygen atoms in total. The second-order valence-electron chi connectivity index (χ2n) is 5.02. The van der Waals surface area contributed by atoms with Crippen molar-refractivity contribution in [3.63, 3.8) is 0 Å². The Labute approximate surface area is 112 Å². The van der Waals surface area contributed by atoms with E-state index in [4.69, 9.17) is 5.11 Å². The van der Waals surface area contributed by atoms with Crippen molar-refractivity contribution in [2.75, 3.05) is 0 Å². The third kappa shape index (κ3) is 3.73. The molecule has 2 rings (SSSR count). The molecule has 0 spiro atoms. The Morgan fingerprint density at radius 2 is 2.33 bits per heavy atom. The van der Waals surface area contributed by atoms with Gasteiger partial charge in [-0.2, -0.15) is 11.8 Å². The van der Waals surface area contributed by atoms with Gasteiger partial charge in [0.15, 0.2) is 0 Å².